The zero-order chi connectivity index (χ0) is 19.4. The van der Waals surface area contributed by atoms with Crippen LogP contribution < -0.4 is 10.6 Å². The maximum absolute atomic E-state index is 12.4. The van der Waals surface area contributed by atoms with Gasteiger partial charge in [0.25, 0.3) is 5.91 Å². The third kappa shape index (κ3) is 5.03. The second-order valence-corrected chi connectivity index (χ2v) is 8.42. The Hall–Kier alpha value is -2.02. The van der Waals surface area contributed by atoms with Gasteiger partial charge in [-0.05, 0) is 43.9 Å². The van der Waals surface area contributed by atoms with Crippen molar-refractivity contribution in [3.63, 3.8) is 0 Å². The fourth-order valence-corrected chi connectivity index (χ4v) is 4.40. The molecule has 7 heteroatoms. The fourth-order valence-electron chi connectivity index (χ4n) is 3.46. The number of anilines is 1. The highest BCUT2D eigenvalue weighted by Gasteiger charge is 2.27. The predicted molar refractivity (Wildman–Crippen MR) is 105 cm³/mol. The number of hydrogen-bond acceptors (Lipinski definition) is 5. The van der Waals surface area contributed by atoms with Crippen molar-refractivity contribution >= 4 is 35.2 Å². The first-order valence-electron chi connectivity index (χ1n) is 9.52. The molecule has 1 heterocycles. The molecule has 2 N–H and O–H groups in total. The summed E-state index contributed by atoms with van der Waals surface area (Å²) in [6.45, 7) is 3.73. The number of carbonyl (C=O) groups is 3. The van der Waals surface area contributed by atoms with Gasteiger partial charge in [-0.25, -0.2) is 4.79 Å². The van der Waals surface area contributed by atoms with E-state index in [2.05, 4.69) is 17.6 Å². The lowest BCUT2D eigenvalue weighted by Gasteiger charge is -2.30. The van der Waals surface area contributed by atoms with Crippen LogP contribution in [0.25, 0.3) is 0 Å². The molecule has 146 valence electrons. The summed E-state index contributed by atoms with van der Waals surface area (Å²) in [5.74, 6) is 0.248. The summed E-state index contributed by atoms with van der Waals surface area (Å²) in [6, 6.07) is 5.23. The summed E-state index contributed by atoms with van der Waals surface area (Å²) in [6.07, 6.45) is 3.96. The molecular formula is C20H26N2O4S. The van der Waals surface area contributed by atoms with Gasteiger partial charge in [0, 0.05) is 23.1 Å². The molecule has 1 aromatic rings. The molecule has 0 aromatic heterocycles. The normalized spacial score (nSPS) is 23.4. The first-order valence-corrected chi connectivity index (χ1v) is 10.5. The Labute approximate surface area is 163 Å². The van der Waals surface area contributed by atoms with E-state index in [-0.39, 0.29) is 17.9 Å². The SMILES string of the molecule is C[C@@H](OC(=O)c1ccc2c(c1)NC(=O)CCS2)C(=O)N[C@H]1CCCC[C@@H]1C. The molecule has 3 rings (SSSR count). The maximum atomic E-state index is 12.4. The van der Waals surface area contributed by atoms with Gasteiger partial charge in [-0.1, -0.05) is 19.8 Å². The Bertz CT molecular complexity index is 737. The molecule has 6 nitrogen and oxygen atoms in total. The lowest BCUT2D eigenvalue weighted by molar-refractivity contribution is -0.130. The summed E-state index contributed by atoms with van der Waals surface area (Å²) in [7, 11) is 0. The average Bonchev–Trinajstić information content (AvgIpc) is 2.83. The van der Waals surface area contributed by atoms with Crippen LogP contribution in [0.5, 0.6) is 0 Å². The molecule has 2 aliphatic rings. The van der Waals surface area contributed by atoms with Gasteiger partial charge in [0.1, 0.15) is 0 Å². The molecule has 1 fully saturated rings. The Morgan fingerprint density at radius 1 is 1.30 bits per heavy atom. The van der Waals surface area contributed by atoms with Crippen LogP contribution in [0.4, 0.5) is 5.69 Å². The van der Waals surface area contributed by atoms with Crippen LogP contribution >= 0.6 is 11.8 Å². The minimum atomic E-state index is -0.866. The summed E-state index contributed by atoms with van der Waals surface area (Å²) in [5, 5.41) is 5.82. The van der Waals surface area contributed by atoms with Crippen molar-refractivity contribution < 1.29 is 19.1 Å². The van der Waals surface area contributed by atoms with E-state index in [1.165, 1.54) is 6.42 Å². The fraction of sp³-hybridized carbons (Fsp3) is 0.550. The molecule has 3 atom stereocenters. The second kappa shape index (κ2) is 8.78. The predicted octanol–water partition coefficient (Wildman–Crippen LogP) is 3.36. The minimum Gasteiger partial charge on any atom is -0.449 e. The molecule has 1 aliphatic carbocycles. The number of ether oxygens (including phenoxy) is 1. The monoisotopic (exact) mass is 390 g/mol. The van der Waals surface area contributed by atoms with Gasteiger partial charge in [-0.3, -0.25) is 9.59 Å². The van der Waals surface area contributed by atoms with Gasteiger partial charge in [-0.15, -0.1) is 11.8 Å². The van der Waals surface area contributed by atoms with Crippen molar-refractivity contribution in [1.82, 2.24) is 5.32 Å². The van der Waals surface area contributed by atoms with Crippen LogP contribution in [0.15, 0.2) is 23.1 Å². The van der Waals surface area contributed by atoms with Crippen molar-refractivity contribution in [1.29, 1.82) is 0 Å². The molecule has 0 radical (unpaired) electrons. The molecule has 1 aliphatic heterocycles. The van der Waals surface area contributed by atoms with Crippen molar-refractivity contribution in [2.45, 2.75) is 63.0 Å². The molecule has 0 saturated heterocycles. The van der Waals surface area contributed by atoms with E-state index in [9.17, 15) is 14.4 Å². The van der Waals surface area contributed by atoms with Crippen molar-refractivity contribution in [3.8, 4) is 0 Å². The molecule has 0 bridgehead atoms. The maximum Gasteiger partial charge on any atom is 0.338 e. The van der Waals surface area contributed by atoms with Crippen molar-refractivity contribution in [3.05, 3.63) is 23.8 Å². The largest absolute Gasteiger partial charge is 0.449 e. The van der Waals surface area contributed by atoms with Gasteiger partial charge >= 0.3 is 5.97 Å². The number of rotatable bonds is 4. The van der Waals surface area contributed by atoms with E-state index in [0.717, 1.165) is 24.2 Å². The van der Waals surface area contributed by atoms with Crippen LogP contribution in [-0.2, 0) is 14.3 Å². The molecule has 27 heavy (non-hydrogen) atoms. The lowest BCUT2D eigenvalue weighted by atomic mass is 9.86. The molecular weight excluding hydrogens is 364 g/mol. The quantitative estimate of drug-likeness (QED) is 0.770. The number of thioether (sulfide) groups is 1. The van der Waals surface area contributed by atoms with E-state index in [1.54, 1.807) is 36.9 Å². The molecule has 1 saturated carbocycles. The number of nitrogens with one attached hydrogen (secondary N) is 2. The first-order chi connectivity index (χ1) is 12.9. The third-order valence-corrected chi connectivity index (χ3v) is 6.24. The highest BCUT2D eigenvalue weighted by atomic mass is 32.2. The van der Waals surface area contributed by atoms with Gasteiger partial charge in [0.05, 0.1) is 11.3 Å². The number of fused-ring (bicyclic) bond motifs is 1. The molecule has 0 unspecified atom stereocenters. The Morgan fingerprint density at radius 3 is 2.85 bits per heavy atom. The summed E-state index contributed by atoms with van der Waals surface area (Å²) < 4.78 is 5.35. The van der Waals surface area contributed by atoms with E-state index < -0.39 is 12.1 Å². The summed E-state index contributed by atoms with van der Waals surface area (Å²) >= 11 is 1.57. The second-order valence-electron chi connectivity index (χ2n) is 7.28. The van der Waals surface area contributed by atoms with Crippen LogP contribution in [0, 0.1) is 5.92 Å². The zero-order valence-electron chi connectivity index (χ0n) is 15.7. The van der Waals surface area contributed by atoms with Gasteiger partial charge in [0.15, 0.2) is 6.10 Å². The van der Waals surface area contributed by atoms with Gasteiger partial charge in [-0.2, -0.15) is 0 Å². The molecule has 2 amide bonds. The first kappa shape index (κ1) is 19.7. The van der Waals surface area contributed by atoms with E-state index in [4.69, 9.17) is 4.74 Å². The number of amides is 2. The van der Waals surface area contributed by atoms with Crippen molar-refractivity contribution in [2.24, 2.45) is 5.92 Å². The topological polar surface area (TPSA) is 84.5 Å². The Morgan fingerprint density at radius 2 is 2.07 bits per heavy atom. The van der Waals surface area contributed by atoms with Crippen molar-refractivity contribution in [2.75, 3.05) is 11.1 Å². The van der Waals surface area contributed by atoms with Gasteiger partial charge < -0.3 is 15.4 Å². The molecule has 0 spiro atoms. The standard InChI is InChI=1S/C20H26N2O4S/c1-12-5-3-4-6-15(12)22-19(24)13(2)26-20(25)14-7-8-17-16(11-14)21-18(23)9-10-27-17/h7-8,11-13,15H,3-6,9-10H2,1-2H3,(H,21,23)(H,22,24)/t12-,13+,15-/m0/s1. The van der Waals surface area contributed by atoms with Crippen LogP contribution in [0.2, 0.25) is 0 Å². The smallest absolute Gasteiger partial charge is 0.338 e. The third-order valence-electron chi connectivity index (χ3n) is 5.17. The Kier molecular flexibility index (Phi) is 6.42. The van der Waals surface area contributed by atoms with Crippen LogP contribution in [0.1, 0.15) is 56.3 Å². The minimum absolute atomic E-state index is 0.0684. The number of carbonyl (C=O) groups excluding carboxylic acids is 3. The number of benzene rings is 1. The average molecular weight is 391 g/mol. The van der Waals surface area contributed by atoms with Crippen LogP contribution in [-0.4, -0.2) is 35.7 Å². The molecule has 1 aromatic carbocycles. The van der Waals surface area contributed by atoms with Crippen LogP contribution in [0.3, 0.4) is 0 Å². The summed E-state index contributed by atoms with van der Waals surface area (Å²) in [4.78, 5) is 37.5. The van der Waals surface area contributed by atoms with E-state index in [0.29, 0.717) is 29.3 Å². The lowest BCUT2D eigenvalue weighted by Crippen LogP contribution is -2.45. The highest BCUT2D eigenvalue weighted by Crippen LogP contribution is 2.31. The highest BCUT2D eigenvalue weighted by molar-refractivity contribution is 7.99. The zero-order valence-corrected chi connectivity index (χ0v) is 16.6. The van der Waals surface area contributed by atoms with E-state index >= 15 is 0 Å². The van der Waals surface area contributed by atoms with Gasteiger partial charge in [0.2, 0.25) is 5.91 Å². The number of hydrogen-bond donors (Lipinski definition) is 2. The number of esters is 1. The Balaban J connectivity index is 1.61. The summed E-state index contributed by atoms with van der Waals surface area (Å²) in [5.41, 5.74) is 0.937. The van der Waals surface area contributed by atoms with E-state index in [1.807, 2.05) is 0 Å².